The summed E-state index contributed by atoms with van der Waals surface area (Å²) in [4.78, 5) is 26.8. The molecule has 2 amide bonds. The Labute approximate surface area is 99.8 Å². The quantitative estimate of drug-likeness (QED) is 0.682. The van der Waals surface area contributed by atoms with E-state index in [1.165, 1.54) is 13.2 Å². The summed E-state index contributed by atoms with van der Waals surface area (Å²) in [6, 6.07) is 1.77. The average Bonchev–Trinajstić information content (AvgIpc) is 2.35. The molecule has 0 aliphatic carbocycles. The summed E-state index contributed by atoms with van der Waals surface area (Å²) in [6.07, 6.45) is 1.49. The number of likely N-dealkylation sites (N-methyl/N-ethyl adjacent to an activating group) is 1. The lowest BCUT2D eigenvalue weighted by Gasteiger charge is -2.09. The Hall–Kier alpha value is -2.11. The van der Waals surface area contributed by atoms with E-state index in [1.54, 1.807) is 13.1 Å². The molecule has 1 aromatic heterocycles. The molecule has 92 valence electrons. The van der Waals surface area contributed by atoms with Crippen molar-refractivity contribution in [2.24, 2.45) is 0 Å². The van der Waals surface area contributed by atoms with Crippen LogP contribution in [0, 0.1) is 6.92 Å². The number of nitrogens with one attached hydrogen (secondary N) is 3. The summed E-state index contributed by atoms with van der Waals surface area (Å²) in [5, 5.41) is 7.85. The summed E-state index contributed by atoms with van der Waals surface area (Å²) >= 11 is 0. The molecule has 0 radical (unpaired) electrons. The highest BCUT2D eigenvalue weighted by Crippen LogP contribution is 2.14. The lowest BCUT2D eigenvalue weighted by atomic mass is 10.2. The average molecular weight is 236 g/mol. The Bertz CT molecular complexity index is 431. The summed E-state index contributed by atoms with van der Waals surface area (Å²) < 4.78 is 0. The summed E-state index contributed by atoms with van der Waals surface area (Å²) in [5.74, 6) is -0.574. The molecule has 0 spiro atoms. The van der Waals surface area contributed by atoms with Crippen LogP contribution in [0.5, 0.6) is 0 Å². The van der Waals surface area contributed by atoms with Crippen molar-refractivity contribution < 1.29 is 9.59 Å². The SMILES string of the molecule is CNC(=O)CNC(=O)c1cnc(C)cc1NC. The van der Waals surface area contributed by atoms with Gasteiger partial charge in [0.1, 0.15) is 0 Å². The Morgan fingerprint density at radius 2 is 2.06 bits per heavy atom. The van der Waals surface area contributed by atoms with Gasteiger partial charge in [0.05, 0.1) is 17.8 Å². The van der Waals surface area contributed by atoms with Crippen LogP contribution in [0.3, 0.4) is 0 Å². The van der Waals surface area contributed by atoms with Crippen LogP contribution in [0.25, 0.3) is 0 Å². The predicted octanol–water partition coefficient (Wildman–Crippen LogP) is -0.0925. The van der Waals surface area contributed by atoms with Gasteiger partial charge in [-0.3, -0.25) is 14.6 Å². The molecular weight excluding hydrogens is 220 g/mol. The van der Waals surface area contributed by atoms with Gasteiger partial charge >= 0.3 is 0 Å². The van der Waals surface area contributed by atoms with Crippen LogP contribution < -0.4 is 16.0 Å². The fourth-order valence-corrected chi connectivity index (χ4v) is 1.29. The van der Waals surface area contributed by atoms with Gasteiger partial charge in [-0.05, 0) is 13.0 Å². The maximum Gasteiger partial charge on any atom is 0.255 e. The minimum Gasteiger partial charge on any atom is -0.387 e. The van der Waals surface area contributed by atoms with E-state index in [9.17, 15) is 9.59 Å². The van der Waals surface area contributed by atoms with E-state index in [-0.39, 0.29) is 18.4 Å². The van der Waals surface area contributed by atoms with E-state index in [2.05, 4.69) is 20.9 Å². The van der Waals surface area contributed by atoms with E-state index in [1.807, 2.05) is 6.92 Å². The van der Waals surface area contributed by atoms with Gasteiger partial charge in [0.2, 0.25) is 5.91 Å². The lowest BCUT2D eigenvalue weighted by Crippen LogP contribution is -2.35. The first kappa shape index (κ1) is 13.0. The molecule has 1 aromatic rings. The normalized spacial score (nSPS) is 9.59. The first-order chi connectivity index (χ1) is 8.08. The van der Waals surface area contributed by atoms with E-state index in [0.717, 1.165) is 5.69 Å². The fraction of sp³-hybridized carbons (Fsp3) is 0.364. The monoisotopic (exact) mass is 236 g/mol. The van der Waals surface area contributed by atoms with Crippen molar-refractivity contribution in [2.75, 3.05) is 26.0 Å². The second-order valence-corrected chi connectivity index (χ2v) is 3.48. The Morgan fingerprint density at radius 3 is 2.65 bits per heavy atom. The first-order valence-electron chi connectivity index (χ1n) is 5.21. The van der Waals surface area contributed by atoms with Crippen LogP contribution in [0.15, 0.2) is 12.3 Å². The van der Waals surface area contributed by atoms with Gasteiger partial charge in [-0.2, -0.15) is 0 Å². The molecule has 0 fully saturated rings. The number of nitrogens with zero attached hydrogens (tertiary/aromatic N) is 1. The van der Waals surface area contributed by atoms with Gasteiger partial charge in [0.15, 0.2) is 0 Å². The van der Waals surface area contributed by atoms with Crippen LogP contribution >= 0.6 is 0 Å². The zero-order chi connectivity index (χ0) is 12.8. The first-order valence-corrected chi connectivity index (χ1v) is 5.21. The van der Waals surface area contributed by atoms with Gasteiger partial charge in [0.25, 0.3) is 5.91 Å². The number of aromatic nitrogens is 1. The molecule has 1 rings (SSSR count). The summed E-state index contributed by atoms with van der Waals surface area (Å²) in [7, 11) is 3.24. The van der Waals surface area contributed by atoms with Crippen LogP contribution in [-0.2, 0) is 4.79 Å². The summed E-state index contributed by atoms with van der Waals surface area (Å²) in [6.45, 7) is 1.79. The van der Waals surface area contributed by atoms with Gasteiger partial charge in [-0.1, -0.05) is 0 Å². The van der Waals surface area contributed by atoms with Gasteiger partial charge in [0, 0.05) is 26.0 Å². The molecule has 1 heterocycles. The maximum atomic E-state index is 11.8. The summed E-state index contributed by atoms with van der Waals surface area (Å²) in [5.41, 5.74) is 1.92. The molecule has 3 N–H and O–H groups in total. The predicted molar refractivity (Wildman–Crippen MR) is 64.9 cm³/mol. The molecule has 17 heavy (non-hydrogen) atoms. The van der Waals surface area contributed by atoms with Crippen molar-refractivity contribution >= 4 is 17.5 Å². The zero-order valence-electron chi connectivity index (χ0n) is 10.1. The number of hydrogen-bond donors (Lipinski definition) is 3. The lowest BCUT2D eigenvalue weighted by molar-refractivity contribution is -0.119. The fourth-order valence-electron chi connectivity index (χ4n) is 1.29. The van der Waals surface area contributed by atoms with Crippen LogP contribution in [0.2, 0.25) is 0 Å². The molecule has 0 aromatic carbocycles. The highest BCUT2D eigenvalue weighted by atomic mass is 16.2. The number of carbonyl (C=O) groups is 2. The number of amides is 2. The Balaban J connectivity index is 2.78. The minimum absolute atomic E-state index is 0.0492. The van der Waals surface area contributed by atoms with Crippen LogP contribution in [-0.4, -0.2) is 37.4 Å². The molecule has 0 atom stereocenters. The maximum absolute atomic E-state index is 11.8. The molecule has 0 aliphatic heterocycles. The van der Waals surface area contributed by atoms with Crippen molar-refractivity contribution in [1.29, 1.82) is 0 Å². The van der Waals surface area contributed by atoms with Crippen molar-refractivity contribution in [2.45, 2.75) is 6.92 Å². The number of aryl methyl sites for hydroxylation is 1. The molecule has 0 aliphatic rings. The molecule has 6 nitrogen and oxygen atoms in total. The minimum atomic E-state index is -0.328. The van der Waals surface area contributed by atoms with Crippen molar-refractivity contribution in [3.8, 4) is 0 Å². The number of rotatable bonds is 4. The number of carbonyl (C=O) groups excluding carboxylic acids is 2. The number of hydrogen-bond acceptors (Lipinski definition) is 4. The standard InChI is InChI=1S/C11H16N4O2/c1-7-4-9(12-2)8(5-14-7)11(17)15-6-10(16)13-3/h4-5H,6H2,1-3H3,(H,12,14)(H,13,16)(H,15,17). The Morgan fingerprint density at radius 1 is 1.35 bits per heavy atom. The van der Waals surface area contributed by atoms with Gasteiger partial charge < -0.3 is 16.0 Å². The van der Waals surface area contributed by atoms with E-state index >= 15 is 0 Å². The highest BCUT2D eigenvalue weighted by molar-refractivity contribution is 6.00. The molecule has 0 saturated carbocycles. The van der Waals surface area contributed by atoms with Crippen molar-refractivity contribution in [1.82, 2.24) is 15.6 Å². The number of pyridine rings is 1. The largest absolute Gasteiger partial charge is 0.387 e. The Kier molecular flexibility index (Phi) is 4.45. The van der Waals surface area contributed by atoms with Crippen LogP contribution in [0.1, 0.15) is 16.1 Å². The molecule has 0 bridgehead atoms. The molecule has 0 saturated heterocycles. The molecule has 6 heteroatoms. The van der Waals surface area contributed by atoms with E-state index in [4.69, 9.17) is 0 Å². The van der Waals surface area contributed by atoms with Crippen LogP contribution in [0.4, 0.5) is 5.69 Å². The second kappa shape index (κ2) is 5.83. The molecule has 0 unspecified atom stereocenters. The van der Waals surface area contributed by atoms with E-state index < -0.39 is 0 Å². The van der Waals surface area contributed by atoms with E-state index in [0.29, 0.717) is 11.3 Å². The third kappa shape index (κ3) is 3.44. The van der Waals surface area contributed by atoms with Crippen molar-refractivity contribution in [3.63, 3.8) is 0 Å². The third-order valence-electron chi connectivity index (χ3n) is 2.24. The molecular formula is C11H16N4O2. The van der Waals surface area contributed by atoms with Gasteiger partial charge in [-0.25, -0.2) is 0 Å². The number of anilines is 1. The smallest absolute Gasteiger partial charge is 0.255 e. The topological polar surface area (TPSA) is 83.1 Å². The van der Waals surface area contributed by atoms with Crippen molar-refractivity contribution in [3.05, 3.63) is 23.5 Å². The van der Waals surface area contributed by atoms with Gasteiger partial charge in [-0.15, -0.1) is 0 Å². The third-order valence-corrected chi connectivity index (χ3v) is 2.24. The highest BCUT2D eigenvalue weighted by Gasteiger charge is 2.12. The zero-order valence-corrected chi connectivity index (χ0v) is 10.1. The second-order valence-electron chi connectivity index (χ2n) is 3.48.